The van der Waals surface area contributed by atoms with Gasteiger partial charge in [-0.15, -0.1) is 0 Å². The Hall–Kier alpha value is -3.20. The van der Waals surface area contributed by atoms with Crippen molar-refractivity contribution in [3.05, 3.63) is 51.6 Å². The molecule has 0 aliphatic heterocycles. The van der Waals surface area contributed by atoms with E-state index in [1.54, 1.807) is 19.9 Å². The summed E-state index contributed by atoms with van der Waals surface area (Å²) < 4.78 is 5.17. The lowest BCUT2D eigenvalue weighted by molar-refractivity contribution is 0.0514. The van der Waals surface area contributed by atoms with Gasteiger partial charge >= 0.3 is 5.97 Å². The molecule has 3 rings (SSSR count). The fraction of sp³-hybridized carbons (Fsp3) is 0.222. The molecule has 0 saturated heterocycles. The van der Waals surface area contributed by atoms with Crippen molar-refractivity contribution in [2.45, 2.75) is 20.3 Å². The van der Waals surface area contributed by atoms with Crippen molar-refractivity contribution < 1.29 is 9.53 Å². The third-order valence-corrected chi connectivity index (χ3v) is 3.88. The molecule has 0 amide bonds. The van der Waals surface area contributed by atoms with Crippen LogP contribution >= 0.6 is 0 Å². The van der Waals surface area contributed by atoms with Crippen LogP contribution in [0.1, 0.15) is 28.2 Å². The number of nitrogens with one attached hydrogen (secondary N) is 1. The number of ether oxygens (including phenoxy) is 1. The van der Waals surface area contributed by atoms with Gasteiger partial charge in [-0.1, -0.05) is 18.2 Å². The number of nitriles is 1. The summed E-state index contributed by atoms with van der Waals surface area (Å²) in [5.74, 6) is -0.573. The van der Waals surface area contributed by atoms with Crippen molar-refractivity contribution in [1.29, 1.82) is 5.26 Å². The molecule has 0 unspecified atom stereocenters. The third kappa shape index (κ3) is 2.50. The number of benzene rings is 1. The largest absolute Gasteiger partial charge is 0.461 e. The highest BCUT2D eigenvalue weighted by Crippen LogP contribution is 2.28. The number of hydrogen-bond donors (Lipinski definition) is 1. The summed E-state index contributed by atoms with van der Waals surface area (Å²) in [6.07, 6.45) is 0.114. The van der Waals surface area contributed by atoms with Crippen LogP contribution in [0.25, 0.3) is 21.7 Å². The van der Waals surface area contributed by atoms with Crippen molar-refractivity contribution in [2.24, 2.45) is 0 Å². The van der Waals surface area contributed by atoms with Crippen LogP contribution in [0, 0.1) is 25.2 Å². The number of aryl methyl sites for hydroxylation is 2. The van der Waals surface area contributed by atoms with Gasteiger partial charge in [0, 0.05) is 16.3 Å². The SMILES string of the molecule is Cc1nc(C)c2c(=O)[nH]c3ccccc3c2c1C(=O)OCCC#N. The van der Waals surface area contributed by atoms with Gasteiger partial charge in [-0.05, 0) is 19.9 Å². The molecule has 1 aromatic carbocycles. The predicted molar refractivity (Wildman–Crippen MR) is 89.9 cm³/mol. The van der Waals surface area contributed by atoms with E-state index in [1.807, 2.05) is 24.3 Å². The van der Waals surface area contributed by atoms with Gasteiger partial charge in [0.05, 0.1) is 34.8 Å². The topological polar surface area (TPSA) is 95.8 Å². The molecular weight excluding hydrogens is 306 g/mol. The van der Waals surface area contributed by atoms with Crippen molar-refractivity contribution in [1.82, 2.24) is 9.97 Å². The van der Waals surface area contributed by atoms with Crippen LogP contribution in [0.5, 0.6) is 0 Å². The first-order valence-electron chi connectivity index (χ1n) is 7.50. The molecular formula is C18H15N3O3. The molecule has 2 heterocycles. The molecule has 120 valence electrons. The van der Waals surface area contributed by atoms with Crippen LogP contribution < -0.4 is 5.56 Å². The maximum Gasteiger partial charge on any atom is 0.340 e. The summed E-state index contributed by atoms with van der Waals surface area (Å²) in [6, 6.07) is 9.21. The minimum atomic E-state index is -0.573. The highest BCUT2D eigenvalue weighted by atomic mass is 16.5. The molecule has 6 nitrogen and oxygen atoms in total. The number of aromatic nitrogens is 2. The molecule has 2 aromatic heterocycles. The van der Waals surface area contributed by atoms with E-state index in [2.05, 4.69) is 9.97 Å². The van der Waals surface area contributed by atoms with Crippen molar-refractivity contribution in [3.63, 3.8) is 0 Å². The van der Waals surface area contributed by atoms with Gasteiger partial charge in [0.15, 0.2) is 0 Å². The van der Waals surface area contributed by atoms with Gasteiger partial charge in [-0.25, -0.2) is 4.79 Å². The summed E-state index contributed by atoms with van der Waals surface area (Å²) in [5.41, 5.74) is 1.68. The highest BCUT2D eigenvalue weighted by Gasteiger charge is 2.21. The van der Waals surface area contributed by atoms with Gasteiger partial charge < -0.3 is 9.72 Å². The van der Waals surface area contributed by atoms with E-state index in [1.165, 1.54) is 0 Å². The number of fused-ring (bicyclic) bond motifs is 3. The third-order valence-electron chi connectivity index (χ3n) is 3.88. The second-order valence-electron chi connectivity index (χ2n) is 5.45. The molecule has 0 bridgehead atoms. The van der Waals surface area contributed by atoms with Gasteiger partial charge in [-0.2, -0.15) is 5.26 Å². The molecule has 1 N–H and O–H groups in total. The van der Waals surface area contributed by atoms with E-state index in [9.17, 15) is 9.59 Å². The Morgan fingerprint density at radius 3 is 2.75 bits per heavy atom. The lowest BCUT2D eigenvalue weighted by Crippen LogP contribution is -2.16. The molecule has 6 heteroatoms. The summed E-state index contributed by atoms with van der Waals surface area (Å²) in [4.78, 5) is 32.2. The van der Waals surface area contributed by atoms with Crippen LogP contribution in [0.15, 0.2) is 29.1 Å². The molecule has 0 aliphatic rings. The number of carbonyl (C=O) groups is 1. The number of hydrogen-bond acceptors (Lipinski definition) is 5. The van der Waals surface area contributed by atoms with Crippen LogP contribution in [0.2, 0.25) is 0 Å². The van der Waals surface area contributed by atoms with E-state index in [0.29, 0.717) is 27.7 Å². The molecule has 0 saturated carbocycles. The van der Waals surface area contributed by atoms with E-state index in [4.69, 9.17) is 10.00 Å². The molecule has 0 spiro atoms. The fourth-order valence-electron chi connectivity index (χ4n) is 2.90. The maximum atomic E-state index is 12.5. The van der Waals surface area contributed by atoms with Gasteiger partial charge in [0.25, 0.3) is 5.56 Å². The monoisotopic (exact) mass is 321 g/mol. The quantitative estimate of drug-likeness (QED) is 0.454. The Labute approximate surface area is 137 Å². The maximum absolute atomic E-state index is 12.5. The fourth-order valence-corrected chi connectivity index (χ4v) is 2.90. The Balaban J connectivity index is 2.38. The number of rotatable bonds is 3. The number of nitrogens with zero attached hydrogens (tertiary/aromatic N) is 2. The van der Waals surface area contributed by atoms with Gasteiger partial charge in [-0.3, -0.25) is 9.78 Å². The number of esters is 1. The molecule has 0 aliphatic carbocycles. The molecule has 0 atom stereocenters. The zero-order chi connectivity index (χ0) is 17.3. The average molecular weight is 321 g/mol. The lowest BCUT2D eigenvalue weighted by Gasteiger charge is -2.13. The second kappa shape index (κ2) is 6.13. The zero-order valence-corrected chi connectivity index (χ0v) is 13.3. The number of para-hydroxylation sites is 1. The zero-order valence-electron chi connectivity index (χ0n) is 13.3. The van der Waals surface area contributed by atoms with Crippen molar-refractivity contribution in [3.8, 4) is 6.07 Å². The van der Waals surface area contributed by atoms with E-state index in [-0.39, 0.29) is 24.2 Å². The van der Waals surface area contributed by atoms with Crippen LogP contribution in [0.4, 0.5) is 0 Å². The van der Waals surface area contributed by atoms with E-state index in [0.717, 1.165) is 5.39 Å². The van der Waals surface area contributed by atoms with Crippen LogP contribution in [-0.2, 0) is 4.74 Å². The second-order valence-corrected chi connectivity index (χ2v) is 5.45. The van der Waals surface area contributed by atoms with Gasteiger partial charge in [0.2, 0.25) is 0 Å². The minimum Gasteiger partial charge on any atom is -0.461 e. The predicted octanol–water partition coefficient (Wildman–Crippen LogP) is 2.76. The summed E-state index contributed by atoms with van der Waals surface area (Å²) >= 11 is 0. The highest BCUT2D eigenvalue weighted by molar-refractivity contribution is 6.16. The van der Waals surface area contributed by atoms with E-state index >= 15 is 0 Å². The summed E-state index contributed by atoms with van der Waals surface area (Å²) in [6.45, 7) is 3.46. The molecule has 0 radical (unpaired) electrons. The average Bonchev–Trinajstić information content (AvgIpc) is 2.54. The van der Waals surface area contributed by atoms with E-state index < -0.39 is 5.97 Å². The normalized spacial score (nSPS) is 10.7. The lowest BCUT2D eigenvalue weighted by atomic mass is 9.99. The number of pyridine rings is 2. The summed E-state index contributed by atoms with van der Waals surface area (Å²) in [5, 5.41) is 10.3. The van der Waals surface area contributed by atoms with Crippen molar-refractivity contribution >= 4 is 27.6 Å². The summed E-state index contributed by atoms with van der Waals surface area (Å²) in [7, 11) is 0. The molecule has 24 heavy (non-hydrogen) atoms. The standard InChI is InChI=1S/C18H15N3O3/c1-10-14-16(12-6-3-4-7-13(12)21-17(14)22)15(11(2)20-10)18(23)24-9-5-8-19/h3-4,6-7H,5,9H2,1-2H3,(H,21,22). The Morgan fingerprint density at radius 2 is 2.00 bits per heavy atom. The minimum absolute atomic E-state index is 0.00522. The molecule has 0 fully saturated rings. The Bertz CT molecular complexity index is 1060. The Morgan fingerprint density at radius 1 is 1.25 bits per heavy atom. The first-order chi connectivity index (χ1) is 11.5. The first-order valence-corrected chi connectivity index (χ1v) is 7.50. The number of H-pyrrole nitrogens is 1. The van der Waals surface area contributed by atoms with Crippen LogP contribution in [0.3, 0.4) is 0 Å². The van der Waals surface area contributed by atoms with Crippen LogP contribution in [-0.4, -0.2) is 22.5 Å². The number of aromatic amines is 1. The smallest absolute Gasteiger partial charge is 0.340 e. The van der Waals surface area contributed by atoms with Crippen molar-refractivity contribution in [2.75, 3.05) is 6.61 Å². The first kappa shape index (κ1) is 15.7. The number of carbonyl (C=O) groups excluding carboxylic acids is 1. The molecule has 3 aromatic rings. The van der Waals surface area contributed by atoms with Gasteiger partial charge in [0.1, 0.15) is 6.61 Å². The Kier molecular flexibility index (Phi) is 4.00.